The average molecular weight is 400 g/mol. The lowest BCUT2D eigenvalue weighted by molar-refractivity contribution is -0.115. The molecule has 1 atom stereocenters. The summed E-state index contributed by atoms with van der Waals surface area (Å²) in [6, 6.07) is 5.65. The van der Waals surface area contributed by atoms with E-state index in [1.54, 1.807) is 0 Å². The summed E-state index contributed by atoms with van der Waals surface area (Å²) in [4.78, 5) is 11.5. The first-order valence-corrected chi connectivity index (χ1v) is 6.94. The Morgan fingerprint density at radius 1 is 1.47 bits per heavy atom. The molecule has 15 heavy (non-hydrogen) atoms. The van der Waals surface area contributed by atoms with Gasteiger partial charge in [-0.3, -0.25) is 4.79 Å². The molecular formula is C10H10Br3NO. The van der Waals surface area contributed by atoms with Gasteiger partial charge in [0.05, 0.1) is 10.5 Å². The Hall–Kier alpha value is 0.130. The van der Waals surface area contributed by atoms with Gasteiger partial charge in [0.1, 0.15) is 0 Å². The normalized spacial score (nSPS) is 12.3. The Morgan fingerprint density at radius 3 is 2.73 bits per heavy atom. The van der Waals surface area contributed by atoms with E-state index in [-0.39, 0.29) is 10.7 Å². The molecule has 1 unspecified atom stereocenters. The number of hydrogen-bond acceptors (Lipinski definition) is 1. The molecule has 5 heteroatoms. The number of amides is 1. The van der Waals surface area contributed by atoms with E-state index in [1.807, 2.05) is 25.1 Å². The van der Waals surface area contributed by atoms with Crippen molar-refractivity contribution in [3.8, 4) is 0 Å². The van der Waals surface area contributed by atoms with E-state index in [0.29, 0.717) is 0 Å². The van der Waals surface area contributed by atoms with E-state index in [2.05, 4.69) is 53.1 Å². The molecule has 0 saturated heterocycles. The van der Waals surface area contributed by atoms with Crippen LogP contribution >= 0.6 is 47.8 Å². The van der Waals surface area contributed by atoms with Crippen LogP contribution in [-0.2, 0) is 4.79 Å². The third kappa shape index (κ3) is 3.89. The molecule has 0 heterocycles. The monoisotopic (exact) mass is 397 g/mol. The van der Waals surface area contributed by atoms with Gasteiger partial charge in [-0.25, -0.2) is 0 Å². The number of rotatable bonds is 3. The molecule has 2 nitrogen and oxygen atoms in total. The third-order valence-corrected chi connectivity index (χ3v) is 4.08. The number of nitrogens with one attached hydrogen (secondary N) is 1. The van der Waals surface area contributed by atoms with E-state index in [9.17, 15) is 4.79 Å². The highest BCUT2D eigenvalue weighted by molar-refractivity contribution is 9.11. The lowest BCUT2D eigenvalue weighted by Gasteiger charge is -2.10. The summed E-state index contributed by atoms with van der Waals surface area (Å²) in [5.41, 5.74) is 0.771. The fourth-order valence-electron chi connectivity index (χ4n) is 0.990. The summed E-state index contributed by atoms with van der Waals surface area (Å²) in [6.07, 6.45) is 0.761. The molecule has 0 saturated carbocycles. The minimum atomic E-state index is -0.150. The maximum Gasteiger partial charge on any atom is 0.238 e. The van der Waals surface area contributed by atoms with Crippen molar-refractivity contribution in [3.63, 3.8) is 0 Å². The highest BCUT2D eigenvalue weighted by Gasteiger charge is 2.13. The van der Waals surface area contributed by atoms with Gasteiger partial charge in [0.15, 0.2) is 0 Å². The van der Waals surface area contributed by atoms with Crippen LogP contribution in [0.3, 0.4) is 0 Å². The van der Waals surface area contributed by atoms with Crippen LogP contribution in [0.2, 0.25) is 0 Å². The van der Waals surface area contributed by atoms with E-state index >= 15 is 0 Å². The number of benzene rings is 1. The van der Waals surface area contributed by atoms with E-state index in [4.69, 9.17) is 0 Å². The summed E-state index contributed by atoms with van der Waals surface area (Å²) in [5, 5.41) is 2.84. The molecule has 0 aromatic heterocycles. The molecule has 0 aliphatic carbocycles. The van der Waals surface area contributed by atoms with Gasteiger partial charge >= 0.3 is 0 Å². The van der Waals surface area contributed by atoms with Gasteiger partial charge in [-0.05, 0) is 40.5 Å². The van der Waals surface area contributed by atoms with Gasteiger partial charge in [-0.1, -0.05) is 38.8 Å². The van der Waals surface area contributed by atoms with Gasteiger partial charge in [0.25, 0.3) is 0 Å². The quantitative estimate of drug-likeness (QED) is 0.753. The number of halogens is 3. The number of anilines is 1. The van der Waals surface area contributed by atoms with Gasteiger partial charge < -0.3 is 5.32 Å². The summed E-state index contributed by atoms with van der Waals surface area (Å²) in [6.45, 7) is 1.95. The largest absolute Gasteiger partial charge is 0.324 e. The molecule has 0 bridgehead atoms. The molecule has 1 rings (SSSR count). The lowest BCUT2D eigenvalue weighted by Crippen LogP contribution is -2.22. The third-order valence-electron chi connectivity index (χ3n) is 1.83. The molecule has 0 aliphatic rings. The molecule has 1 aromatic carbocycles. The van der Waals surface area contributed by atoms with Gasteiger partial charge in [-0.15, -0.1) is 0 Å². The molecule has 0 spiro atoms. The maximum absolute atomic E-state index is 11.6. The van der Waals surface area contributed by atoms with Crippen molar-refractivity contribution >= 4 is 59.4 Å². The minimum absolute atomic E-state index is 0.0312. The maximum atomic E-state index is 11.6. The molecule has 82 valence electrons. The van der Waals surface area contributed by atoms with E-state index in [0.717, 1.165) is 21.1 Å². The van der Waals surface area contributed by atoms with Crippen molar-refractivity contribution in [2.75, 3.05) is 5.32 Å². The zero-order chi connectivity index (χ0) is 11.4. The van der Waals surface area contributed by atoms with Crippen LogP contribution in [0.5, 0.6) is 0 Å². The minimum Gasteiger partial charge on any atom is -0.324 e. The van der Waals surface area contributed by atoms with Crippen molar-refractivity contribution in [2.45, 2.75) is 18.2 Å². The summed E-state index contributed by atoms with van der Waals surface area (Å²) in [7, 11) is 0. The molecule has 1 N–H and O–H groups in total. The predicted octanol–water partition coefficient (Wildman–Crippen LogP) is 4.32. The van der Waals surface area contributed by atoms with Crippen molar-refractivity contribution in [3.05, 3.63) is 27.1 Å². The number of carbonyl (C=O) groups excluding carboxylic acids is 1. The molecule has 0 fully saturated rings. The van der Waals surface area contributed by atoms with Gasteiger partial charge in [0.2, 0.25) is 5.91 Å². The van der Waals surface area contributed by atoms with Crippen LogP contribution in [0.25, 0.3) is 0 Å². The average Bonchev–Trinajstić information content (AvgIpc) is 2.22. The van der Waals surface area contributed by atoms with Crippen molar-refractivity contribution in [1.29, 1.82) is 0 Å². The zero-order valence-corrected chi connectivity index (χ0v) is 12.8. The Bertz CT molecular complexity index is 368. The van der Waals surface area contributed by atoms with Crippen LogP contribution < -0.4 is 5.32 Å². The van der Waals surface area contributed by atoms with Crippen LogP contribution in [0, 0.1) is 0 Å². The zero-order valence-electron chi connectivity index (χ0n) is 8.06. The fourth-order valence-corrected chi connectivity index (χ4v) is 1.81. The number of alkyl halides is 1. The Balaban J connectivity index is 2.80. The van der Waals surface area contributed by atoms with Crippen molar-refractivity contribution in [1.82, 2.24) is 0 Å². The Morgan fingerprint density at radius 2 is 2.13 bits per heavy atom. The highest BCUT2D eigenvalue weighted by Crippen LogP contribution is 2.26. The molecule has 0 aliphatic heterocycles. The first-order chi connectivity index (χ1) is 7.04. The second-order valence-corrected chi connectivity index (χ2v) is 5.86. The van der Waals surface area contributed by atoms with Crippen LogP contribution in [0.15, 0.2) is 27.1 Å². The predicted molar refractivity (Wildman–Crippen MR) is 73.5 cm³/mol. The highest BCUT2D eigenvalue weighted by atomic mass is 79.9. The molecule has 1 aromatic rings. The summed E-state index contributed by atoms with van der Waals surface area (Å²) < 4.78 is 1.80. The molecule has 1 amide bonds. The van der Waals surface area contributed by atoms with Crippen LogP contribution in [0.4, 0.5) is 5.69 Å². The van der Waals surface area contributed by atoms with Crippen LogP contribution in [-0.4, -0.2) is 10.7 Å². The first kappa shape index (κ1) is 13.2. The van der Waals surface area contributed by atoms with E-state index in [1.165, 1.54) is 0 Å². The lowest BCUT2D eigenvalue weighted by atomic mass is 10.3. The second kappa shape index (κ2) is 6.01. The summed E-state index contributed by atoms with van der Waals surface area (Å²) in [5.74, 6) is -0.0312. The van der Waals surface area contributed by atoms with Crippen molar-refractivity contribution < 1.29 is 4.79 Å². The number of hydrogen-bond donors (Lipinski definition) is 1. The van der Waals surface area contributed by atoms with Crippen molar-refractivity contribution in [2.24, 2.45) is 0 Å². The smallest absolute Gasteiger partial charge is 0.238 e. The Labute approximate surface area is 114 Å². The molecule has 0 radical (unpaired) electrons. The number of carbonyl (C=O) groups is 1. The standard InChI is InChI=1S/C10H10Br3NO/c1-2-7(12)10(15)14-9-5-6(11)3-4-8(9)13/h3-5,7H,2H2,1H3,(H,14,15). The SMILES string of the molecule is CCC(Br)C(=O)Nc1cc(Br)ccc1Br. The van der Waals surface area contributed by atoms with Gasteiger partial charge in [-0.2, -0.15) is 0 Å². The first-order valence-electron chi connectivity index (χ1n) is 4.44. The second-order valence-electron chi connectivity index (χ2n) is 2.99. The van der Waals surface area contributed by atoms with Gasteiger partial charge in [0, 0.05) is 8.95 Å². The molecular weight excluding hydrogens is 390 g/mol. The Kier molecular flexibility index (Phi) is 5.29. The van der Waals surface area contributed by atoms with E-state index < -0.39 is 0 Å². The topological polar surface area (TPSA) is 29.1 Å². The summed E-state index contributed by atoms with van der Waals surface area (Å²) >= 11 is 10.0. The van der Waals surface area contributed by atoms with Crippen LogP contribution in [0.1, 0.15) is 13.3 Å². The fraction of sp³-hybridized carbons (Fsp3) is 0.300.